The number of halogens is 1. The predicted octanol–water partition coefficient (Wildman–Crippen LogP) is 2.31. The summed E-state index contributed by atoms with van der Waals surface area (Å²) in [6, 6.07) is 2.49. The van der Waals surface area contributed by atoms with Gasteiger partial charge in [0.1, 0.15) is 5.76 Å². The summed E-state index contributed by atoms with van der Waals surface area (Å²) in [7, 11) is 1.77. The maximum absolute atomic E-state index is 5.30. The average Bonchev–Trinajstić information content (AvgIpc) is 2.49. The minimum Gasteiger partial charge on any atom is -0.467 e. The minimum absolute atomic E-state index is 0.451. The maximum atomic E-state index is 5.30. The fraction of sp³-hybridized carbons (Fsp3) is 0.600. The third kappa shape index (κ3) is 2.19. The van der Waals surface area contributed by atoms with Crippen molar-refractivity contribution in [1.82, 2.24) is 5.32 Å². The van der Waals surface area contributed by atoms with Crippen molar-refractivity contribution in [2.45, 2.75) is 31.5 Å². The largest absolute Gasteiger partial charge is 0.467 e. The molecule has 0 saturated heterocycles. The van der Waals surface area contributed by atoms with Crippen LogP contribution in [0.4, 0.5) is 0 Å². The molecule has 1 fully saturated rings. The van der Waals surface area contributed by atoms with Crippen LogP contribution in [0.5, 0.6) is 0 Å². The Morgan fingerprint density at radius 2 is 2.43 bits per heavy atom. The lowest BCUT2D eigenvalue weighted by molar-refractivity contribution is 0.0165. The van der Waals surface area contributed by atoms with Crippen LogP contribution in [0.1, 0.15) is 18.6 Å². The molecule has 0 bridgehead atoms. The van der Waals surface area contributed by atoms with Crippen LogP contribution in [0.25, 0.3) is 0 Å². The smallest absolute Gasteiger partial charge is 0.131 e. The summed E-state index contributed by atoms with van der Waals surface area (Å²) in [4.78, 5) is 0. The van der Waals surface area contributed by atoms with Crippen LogP contribution in [0, 0.1) is 0 Å². The summed E-state index contributed by atoms with van der Waals surface area (Å²) in [6.45, 7) is 0.786. The van der Waals surface area contributed by atoms with Crippen LogP contribution in [-0.4, -0.2) is 19.3 Å². The van der Waals surface area contributed by atoms with Crippen molar-refractivity contribution in [2.75, 3.05) is 7.11 Å². The highest BCUT2D eigenvalue weighted by Crippen LogP contribution is 2.24. The van der Waals surface area contributed by atoms with Gasteiger partial charge < -0.3 is 14.5 Å². The van der Waals surface area contributed by atoms with Gasteiger partial charge in [0.15, 0.2) is 0 Å². The molecule has 14 heavy (non-hydrogen) atoms. The molecule has 1 N–H and O–H groups in total. The van der Waals surface area contributed by atoms with Crippen molar-refractivity contribution in [3.63, 3.8) is 0 Å². The number of rotatable bonds is 4. The van der Waals surface area contributed by atoms with Crippen LogP contribution in [0.2, 0.25) is 0 Å². The van der Waals surface area contributed by atoms with Crippen LogP contribution in [-0.2, 0) is 11.3 Å². The van der Waals surface area contributed by atoms with Gasteiger partial charge in [0.05, 0.1) is 23.4 Å². The van der Waals surface area contributed by atoms with E-state index in [0.29, 0.717) is 12.1 Å². The normalized spacial score (nSPS) is 26.1. The Labute approximate surface area is 91.9 Å². The lowest BCUT2D eigenvalue weighted by atomic mass is 9.89. The standard InChI is InChI=1S/C10H14BrNO2/c1-13-8-4-7(5-8)12-6-10-9(11)2-3-14-10/h2-3,7-8,12H,4-6H2,1H3. The molecule has 1 aliphatic rings. The van der Waals surface area contributed by atoms with Crippen molar-refractivity contribution >= 4 is 15.9 Å². The molecule has 0 radical (unpaired) electrons. The second kappa shape index (κ2) is 4.47. The summed E-state index contributed by atoms with van der Waals surface area (Å²) >= 11 is 3.42. The topological polar surface area (TPSA) is 34.4 Å². The SMILES string of the molecule is COC1CC(NCc2occc2Br)C1. The Morgan fingerprint density at radius 1 is 1.64 bits per heavy atom. The second-order valence-electron chi connectivity index (χ2n) is 3.60. The molecule has 0 aromatic carbocycles. The van der Waals surface area contributed by atoms with Crippen molar-refractivity contribution in [3.05, 3.63) is 22.6 Å². The summed E-state index contributed by atoms with van der Waals surface area (Å²) in [5.41, 5.74) is 0. The van der Waals surface area contributed by atoms with Gasteiger partial charge in [0, 0.05) is 13.2 Å². The molecule has 1 aliphatic carbocycles. The third-order valence-corrected chi connectivity index (χ3v) is 3.38. The summed E-state index contributed by atoms with van der Waals surface area (Å²) in [5, 5.41) is 3.42. The molecule has 0 amide bonds. The first-order chi connectivity index (χ1) is 6.79. The first kappa shape index (κ1) is 10.2. The Balaban J connectivity index is 1.72. The van der Waals surface area contributed by atoms with Gasteiger partial charge in [-0.25, -0.2) is 0 Å². The van der Waals surface area contributed by atoms with Gasteiger partial charge in [-0.15, -0.1) is 0 Å². The Kier molecular flexibility index (Phi) is 3.26. The molecule has 1 saturated carbocycles. The minimum atomic E-state index is 0.451. The van der Waals surface area contributed by atoms with Gasteiger partial charge >= 0.3 is 0 Å². The van der Waals surface area contributed by atoms with E-state index in [0.717, 1.165) is 29.6 Å². The fourth-order valence-electron chi connectivity index (χ4n) is 1.61. The summed E-state index contributed by atoms with van der Waals surface area (Å²) in [5.74, 6) is 0.964. The van der Waals surface area contributed by atoms with E-state index in [1.807, 2.05) is 6.07 Å². The zero-order chi connectivity index (χ0) is 9.97. The Hall–Kier alpha value is -0.320. The number of hydrogen-bond donors (Lipinski definition) is 1. The lowest BCUT2D eigenvalue weighted by Crippen LogP contribution is -2.44. The molecule has 0 spiro atoms. The van der Waals surface area contributed by atoms with E-state index < -0.39 is 0 Å². The molecule has 78 valence electrons. The quantitative estimate of drug-likeness (QED) is 0.902. The van der Waals surface area contributed by atoms with Crippen molar-refractivity contribution in [3.8, 4) is 0 Å². The average molecular weight is 260 g/mol. The molecular weight excluding hydrogens is 246 g/mol. The van der Waals surface area contributed by atoms with Crippen LogP contribution < -0.4 is 5.32 Å². The number of nitrogens with one attached hydrogen (secondary N) is 1. The predicted molar refractivity (Wildman–Crippen MR) is 57.1 cm³/mol. The molecule has 4 heteroatoms. The highest BCUT2D eigenvalue weighted by Gasteiger charge is 2.28. The molecule has 3 nitrogen and oxygen atoms in total. The number of methoxy groups -OCH3 is 1. The lowest BCUT2D eigenvalue weighted by Gasteiger charge is -2.34. The van der Waals surface area contributed by atoms with E-state index >= 15 is 0 Å². The summed E-state index contributed by atoms with van der Waals surface area (Å²) < 4.78 is 11.5. The highest BCUT2D eigenvalue weighted by molar-refractivity contribution is 9.10. The highest BCUT2D eigenvalue weighted by atomic mass is 79.9. The second-order valence-corrected chi connectivity index (χ2v) is 4.45. The van der Waals surface area contributed by atoms with E-state index in [1.54, 1.807) is 13.4 Å². The van der Waals surface area contributed by atoms with Gasteiger partial charge in [-0.05, 0) is 34.8 Å². The van der Waals surface area contributed by atoms with E-state index in [4.69, 9.17) is 9.15 Å². The molecule has 0 aliphatic heterocycles. The number of furan rings is 1. The first-order valence-electron chi connectivity index (χ1n) is 4.77. The fourth-order valence-corrected chi connectivity index (χ4v) is 1.95. The van der Waals surface area contributed by atoms with Crippen LogP contribution in [0.15, 0.2) is 21.2 Å². The molecular formula is C10H14BrNO2. The van der Waals surface area contributed by atoms with Crippen molar-refractivity contribution in [1.29, 1.82) is 0 Å². The van der Waals surface area contributed by atoms with Gasteiger partial charge in [-0.3, -0.25) is 0 Å². The van der Waals surface area contributed by atoms with Crippen LogP contribution in [0.3, 0.4) is 0 Å². The molecule has 2 rings (SSSR count). The van der Waals surface area contributed by atoms with E-state index in [1.165, 1.54) is 0 Å². The van der Waals surface area contributed by atoms with E-state index in [2.05, 4.69) is 21.2 Å². The molecule has 1 aromatic heterocycles. The summed E-state index contributed by atoms with van der Waals surface area (Å²) in [6.07, 6.45) is 4.36. The van der Waals surface area contributed by atoms with Gasteiger partial charge in [0.2, 0.25) is 0 Å². The molecule has 0 atom stereocenters. The van der Waals surface area contributed by atoms with E-state index in [-0.39, 0.29) is 0 Å². The van der Waals surface area contributed by atoms with E-state index in [9.17, 15) is 0 Å². The Bertz CT molecular complexity index is 294. The number of hydrogen-bond acceptors (Lipinski definition) is 3. The maximum Gasteiger partial charge on any atom is 0.131 e. The van der Waals surface area contributed by atoms with Crippen LogP contribution >= 0.6 is 15.9 Å². The zero-order valence-electron chi connectivity index (χ0n) is 8.13. The molecule has 1 heterocycles. The monoisotopic (exact) mass is 259 g/mol. The van der Waals surface area contributed by atoms with Crippen molar-refractivity contribution < 1.29 is 9.15 Å². The molecule has 0 unspecified atom stereocenters. The molecule has 1 aromatic rings. The van der Waals surface area contributed by atoms with Crippen molar-refractivity contribution in [2.24, 2.45) is 0 Å². The van der Waals surface area contributed by atoms with Gasteiger partial charge in [-0.1, -0.05) is 0 Å². The first-order valence-corrected chi connectivity index (χ1v) is 5.57. The van der Waals surface area contributed by atoms with Gasteiger partial charge in [0.25, 0.3) is 0 Å². The third-order valence-electron chi connectivity index (χ3n) is 2.67. The zero-order valence-corrected chi connectivity index (χ0v) is 9.71. The van der Waals surface area contributed by atoms with Gasteiger partial charge in [-0.2, -0.15) is 0 Å². The number of ether oxygens (including phenoxy) is 1. The Morgan fingerprint density at radius 3 is 3.00 bits per heavy atom.